The highest BCUT2D eigenvalue weighted by molar-refractivity contribution is 7.89. The number of imidazole rings is 1. The molecular weight excluding hydrogens is 470 g/mol. The predicted octanol–water partition coefficient (Wildman–Crippen LogP) is 0.461. The normalized spacial score (nSPS) is 21.3. The highest BCUT2D eigenvalue weighted by Gasteiger charge is 2.31. The van der Waals surface area contributed by atoms with E-state index in [0.29, 0.717) is 52.0 Å². The molecule has 0 spiro atoms. The van der Waals surface area contributed by atoms with E-state index in [1.54, 1.807) is 17.8 Å². The number of hydrogen-bond donors (Lipinski definition) is 1. The van der Waals surface area contributed by atoms with Crippen molar-refractivity contribution in [1.29, 1.82) is 0 Å². The summed E-state index contributed by atoms with van der Waals surface area (Å²) in [4.78, 5) is 38.1. The third-order valence-electron chi connectivity index (χ3n) is 6.56. The number of aryl methyl sites for hydroxylation is 1. The number of piperazine rings is 1. The first-order valence-corrected chi connectivity index (χ1v) is 13.5. The fourth-order valence-corrected chi connectivity index (χ4v) is 6.01. The average Bonchev–Trinajstić information content (AvgIpc) is 3.30. The molecule has 2 aromatic heterocycles. The molecule has 11 nitrogen and oxygen atoms in total. The van der Waals surface area contributed by atoms with E-state index < -0.39 is 10.0 Å². The summed E-state index contributed by atoms with van der Waals surface area (Å²) in [6.45, 7) is 3.36. The first-order valence-electron chi connectivity index (χ1n) is 12.0. The molecule has 4 rings (SSSR count). The number of carbonyl (C=O) groups excluding carboxylic acids is 2. The van der Waals surface area contributed by atoms with E-state index in [4.69, 9.17) is 0 Å². The van der Waals surface area contributed by atoms with Crippen LogP contribution in [-0.2, 0) is 26.7 Å². The van der Waals surface area contributed by atoms with Crippen molar-refractivity contribution in [3.63, 3.8) is 0 Å². The van der Waals surface area contributed by atoms with Crippen molar-refractivity contribution in [2.24, 2.45) is 13.0 Å². The summed E-state index contributed by atoms with van der Waals surface area (Å²) in [7, 11) is -2.11. The van der Waals surface area contributed by atoms with E-state index in [2.05, 4.69) is 20.2 Å². The Morgan fingerprint density at radius 2 is 1.86 bits per heavy atom. The molecule has 1 unspecified atom stereocenters. The maximum atomic E-state index is 13.4. The lowest BCUT2D eigenvalue weighted by molar-refractivity contribution is -0.136. The van der Waals surface area contributed by atoms with Crippen LogP contribution in [0.5, 0.6) is 0 Å². The van der Waals surface area contributed by atoms with E-state index in [-0.39, 0.29) is 42.3 Å². The zero-order chi connectivity index (χ0) is 24.8. The lowest BCUT2D eigenvalue weighted by atomic mass is 9.97. The van der Waals surface area contributed by atoms with Gasteiger partial charge in [0.05, 0.1) is 6.33 Å². The Labute approximate surface area is 206 Å². The Balaban J connectivity index is 1.39. The molecule has 0 radical (unpaired) electrons. The molecule has 0 bridgehead atoms. The minimum atomic E-state index is -3.82. The summed E-state index contributed by atoms with van der Waals surface area (Å²) >= 11 is 0. The molecule has 2 aromatic rings. The van der Waals surface area contributed by atoms with Crippen LogP contribution in [-0.4, -0.2) is 89.8 Å². The second kappa shape index (κ2) is 11.2. The summed E-state index contributed by atoms with van der Waals surface area (Å²) in [5.41, 5.74) is 0. The van der Waals surface area contributed by atoms with E-state index in [9.17, 15) is 18.0 Å². The minimum Gasteiger partial charge on any atom is -0.356 e. The van der Waals surface area contributed by atoms with Gasteiger partial charge in [-0.25, -0.2) is 18.4 Å². The summed E-state index contributed by atoms with van der Waals surface area (Å²) in [5.74, 6) is 0.488. The number of rotatable bonds is 4. The van der Waals surface area contributed by atoms with Crippen LogP contribution in [0.2, 0.25) is 0 Å². The summed E-state index contributed by atoms with van der Waals surface area (Å²) in [6, 6.07) is 5.80. The third-order valence-corrected chi connectivity index (χ3v) is 8.35. The van der Waals surface area contributed by atoms with E-state index in [1.165, 1.54) is 16.8 Å². The molecule has 2 aliphatic rings. The van der Waals surface area contributed by atoms with Crippen LogP contribution in [0.1, 0.15) is 25.7 Å². The number of pyridine rings is 1. The molecule has 0 aliphatic carbocycles. The van der Waals surface area contributed by atoms with Gasteiger partial charge in [-0.3, -0.25) is 9.59 Å². The third kappa shape index (κ3) is 6.17. The molecule has 0 aromatic carbocycles. The van der Waals surface area contributed by atoms with Gasteiger partial charge in [0.2, 0.25) is 11.8 Å². The van der Waals surface area contributed by atoms with Crippen molar-refractivity contribution >= 4 is 27.7 Å². The van der Waals surface area contributed by atoms with Gasteiger partial charge in [0.1, 0.15) is 5.82 Å². The van der Waals surface area contributed by atoms with Crippen LogP contribution in [0.3, 0.4) is 0 Å². The molecular formula is C23H33N7O4S. The van der Waals surface area contributed by atoms with Crippen molar-refractivity contribution in [2.75, 3.05) is 50.7 Å². The van der Waals surface area contributed by atoms with Crippen LogP contribution >= 0.6 is 0 Å². The van der Waals surface area contributed by atoms with Gasteiger partial charge in [-0.1, -0.05) is 6.07 Å². The van der Waals surface area contributed by atoms with Gasteiger partial charge in [-0.05, 0) is 31.4 Å². The van der Waals surface area contributed by atoms with Crippen molar-refractivity contribution in [1.82, 2.24) is 29.1 Å². The first kappa shape index (κ1) is 25.1. The Morgan fingerprint density at radius 1 is 1.06 bits per heavy atom. The molecule has 4 heterocycles. The van der Waals surface area contributed by atoms with Gasteiger partial charge in [0.25, 0.3) is 10.0 Å². The van der Waals surface area contributed by atoms with Crippen molar-refractivity contribution in [3.05, 3.63) is 36.9 Å². The quantitative estimate of drug-likeness (QED) is 0.644. The van der Waals surface area contributed by atoms with Crippen LogP contribution < -0.4 is 10.2 Å². The van der Waals surface area contributed by atoms with Crippen molar-refractivity contribution < 1.29 is 18.0 Å². The number of nitrogens with one attached hydrogen (secondary N) is 1. The molecule has 35 heavy (non-hydrogen) atoms. The molecule has 2 saturated heterocycles. The number of amides is 2. The largest absolute Gasteiger partial charge is 0.356 e. The Kier molecular flexibility index (Phi) is 8.01. The summed E-state index contributed by atoms with van der Waals surface area (Å²) in [5, 5.41) is 2.81. The lowest BCUT2D eigenvalue weighted by Crippen LogP contribution is -2.51. The molecule has 190 valence electrons. The van der Waals surface area contributed by atoms with Gasteiger partial charge >= 0.3 is 0 Å². The number of anilines is 1. The van der Waals surface area contributed by atoms with Crippen LogP contribution in [0, 0.1) is 5.92 Å². The molecule has 2 fully saturated rings. The van der Waals surface area contributed by atoms with Crippen molar-refractivity contribution in [3.8, 4) is 0 Å². The number of nitrogens with zero attached hydrogens (tertiary/aromatic N) is 6. The number of sulfonamides is 1. The molecule has 2 aliphatic heterocycles. The number of carbonyl (C=O) groups is 2. The van der Waals surface area contributed by atoms with Crippen molar-refractivity contribution in [2.45, 2.75) is 30.7 Å². The van der Waals surface area contributed by atoms with Gasteiger partial charge in [0, 0.05) is 77.6 Å². The predicted molar refractivity (Wildman–Crippen MR) is 130 cm³/mol. The van der Waals surface area contributed by atoms with E-state index in [1.807, 2.05) is 23.1 Å². The molecule has 0 saturated carbocycles. The Morgan fingerprint density at radius 3 is 2.54 bits per heavy atom. The maximum Gasteiger partial charge on any atom is 0.262 e. The second-order valence-electron chi connectivity index (χ2n) is 9.01. The highest BCUT2D eigenvalue weighted by Crippen LogP contribution is 2.21. The second-order valence-corrected chi connectivity index (χ2v) is 10.9. The van der Waals surface area contributed by atoms with Crippen LogP contribution in [0.15, 0.2) is 41.9 Å². The molecule has 2 amide bonds. The maximum absolute atomic E-state index is 13.4. The van der Waals surface area contributed by atoms with Crippen LogP contribution in [0.4, 0.5) is 5.82 Å². The summed E-state index contributed by atoms with van der Waals surface area (Å²) < 4.78 is 29.1. The Hall–Kier alpha value is -2.99. The van der Waals surface area contributed by atoms with E-state index >= 15 is 0 Å². The molecule has 1 atom stereocenters. The molecule has 12 heteroatoms. The average molecular weight is 504 g/mol. The van der Waals surface area contributed by atoms with Gasteiger partial charge in [0.15, 0.2) is 5.03 Å². The Bertz CT molecular complexity index is 1110. The van der Waals surface area contributed by atoms with Gasteiger partial charge in [-0.2, -0.15) is 4.31 Å². The highest BCUT2D eigenvalue weighted by atomic mass is 32.2. The minimum absolute atomic E-state index is 0.0336. The number of aromatic nitrogens is 3. The zero-order valence-electron chi connectivity index (χ0n) is 20.0. The molecule has 1 N–H and O–H groups in total. The number of hydrogen-bond acceptors (Lipinski definition) is 7. The zero-order valence-corrected chi connectivity index (χ0v) is 20.9. The first-order chi connectivity index (χ1) is 16.8. The SMILES string of the molecule is Cn1cnc(S(=O)(=O)N2CCCC(C(=O)N3CCN(c4ccccn4)CC3)CCNC(=O)CC2)c1. The fourth-order valence-electron chi connectivity index (χ4n) is 4.57. The monoisotopic (exact) mass is 503 g/mol. The van der Waals surface area contributed by atoms with E-state index in [0.717, 1.165) is 5.82 Å². The lowest BCUT2D eigenvalue weighted by Gasteiger charge is -2.37. The van der Waals surface area contributed by atoms with Gasteiger partial charge in [-0.15, -0.1) is 0 Å². The van der Waals surface area contributed by atoms with Gasteiger partial charge < -0.3 is 19.7 Å². The topological polar surface area (TPSA) is 121 Å². The smallest absolute Gasteiger partial charge is 0.262 e. The van der Waals surface area contributed by atoms with Crippen LogP contribution in [0.25, 0.3) is 0 Å². The summed E-state index contributed by atoms with van der Waals surface area (Å²) in [6.07, 6.45) is 6.36. The standard InChI is InChI=1S/C23H33N7O4S/c1-27-17-22(26-18-27)35(33,34)30-11-4-5-19(7-10-25-21(31)8-12-30)23(32)29-15-13-28(14-16-29)20-6-2-3-9-24-20/h2-3,6,9,17-19H,4-5,7-8,10-16H2,1H3,(H,25,31). The fraction of sp³-hybridized carbons (Fsp3) is 0.565.